The molecule has 0 atom stereocenters. The van der Waals surface area contributed by atoms with E-state index in [0.29, 0.717) is 22.7 Å². The average Bonchev–Trinajstić information content (AvgIpc) is 3.31. The van der Waals surface area contributed by atoms with Crippen molar-refractivity contribution in [2.45, 2.75) is 13.8 Å². The number of anilines is 1. The molecule has 3 aromatic rings. The molecule has 0 saturated carbocycles. The highest BCUT2D eigenvalue weighted by Crippen LogP contribution is 2.24. The molecule has 1 fully saturated rings. The summed E-state index contributed by atoms with van der Waals surface area (Å²) in [5, 5.41) is 7.33. The summed E-state index contributed by atoms with van der Waals surface area (Å²) in [7, 11) is 1.60. The summed E-state index contributed by atoms with van der Waals surface area (Å²) in [5.41, 5.74) is 4.25. The van der Waals surface area contributed by atoms with Crippen LogP contribution in [0.5, 0.6) is 5.75 Å². The summed E-state index contributed by atoms with van der Waals surface area (Å²) in [5.74, 6) is 2.34. The number of hydrogen-bond acceptors (Lipinski definition) is 5. The van der Waals surface area contributed by atoms with Crippen molar-refractivity contribution >= 4 is 29.3 Å². The molecule has 1 aromatic heterocycles. The lowest BCUT2D eigenvalue weighted by molar-refractivity contribution is 0.0772. The van der Waals surface area contributed by atoms with E-state index in [-0.39, 0.29) is 11.8 Å². The van der Waals surface area contributed by atoms with E-state index >= 15 is 0 Å². The molecule has 32 heavy (non-hydrogen) atoms. The second-order valence-electron chi connectivity index (χ2n) is 7.71. The van der Waals surface area contributed by atoms with Gasteiger partial charge in [0, 0.05) is 42.0 Å². The van der Waals surface area contributed by atoms with Gasteiger partial charge < -0.3 is 15.0 Å². The standard InChI is InChI=1S/C24H26N4O3S/c1-16-4-7-22(31-3)21(14-16)28-9-8-20(26-28)23(29)25-19-6-5-18(15-17(19)2)24(30)27-10-12-32-13-11-27/h4-9,14-15H,10-13H2,1-3H3,(H,25,29). The zero-order valence-corrected chi connectivity index (χ0v) is 19.2. The number of aryl methyl sites for hydroxylation is 2. The number of thioether (sulfide) groups is 1. The number of aromatic nitrogens is 2. The Labute approximate surface area is 191 Å². The normalized spacial score (nSPS) is 13.7. The van der Waals surface area contributed by atoms with E-state index < -0.39 is 0 Å². The van der Waals surface area contributed by atoms with Crippen LogP contribution in [-0.2, 0) is 0 Å². The molecule has 1 aliphatic heterocycles. The fraction of sp³-hybridized carbons (Fsp3) is 0.292. The minimum Gasteiger partial charge on any atom is -0.494 e. The number of carbonyl (C=O) groups excluding carboxylic acids is 2. The molecule has 166 valence electrons. The number of carbonyl (C=O) groups is 2. The van der Waals surface area contributed by atoms with E-state index in [2.05, 4.69) is 10.4 Å². The van der Waals surface area contributed by atoms with E-state index in [1.165, 1.54) is 0 Å². The summed E-state index contributed by atoms with van der Waals surface area (Å²) >= 11 is 1.87. The fourth-order valence-electron chi connectivity index (χ4n) is 3.63. The van der Waals surface area contributed by atoms with Gasteiger partial charge >= 0.3 is 0 Å². The summed E-state index contributed by atoms with van der Waals surface area (Å²) in [6.45, 7) is 5.42. The maximum atomic E-state index is 12.8. The van der Waals surface area contributed by atoms with E-state index in [1.807, 2.05) is 54.8 Å². The van der Waals surface area contributed by atoms with Crippen LogP contribution in [0.2, 0.25) is 0 Å². The molecule has 1 N–H and O–H groups in total. The number of ether oxygens (including phenoxy) is 1. The second kappa shape index (κ2) is 9.48. The maximum Gasteiger partial charge on any atom is 0.276 e. The lowest BCUT2D eigenvalue weighted by Gasteiger charge is -2.26. The molecule has 0 radical (unpaired) electrons. The summed E-state index contributed by atoms with van der Waals surface area (Å²) in [6.07, 6.45) is 1.73. The number of methoxy groups -OCH3 is 1. The van der Waals surface area contributed by atoms with Crippen LogP contribution >= 0.6 is 11.8 Å². The molecule has 2 heterocycles. The number of nitrogens with one attached hydrogen (secondary N) is 1. The third-order valence-corrected chi connectivity index (χ3v) is 6.37. The largest absolute Gasteiger partial charge is 0.494 e. The molecule has 1 saturated heterocycles. The average molecular weight is 451 g/mol. The van der Waals surface area contributed by atoms with Crippen molar-refractivity contribution in [3.8, 4) is 11.4 Å². The minimum atomic E-state index is -0.314. The molecule has 2 aromatic carbocycles. The molecule has 1 aliphatic rings. The van der Waals surface area contributed by atoms with Crippen molar-refractivity contribution in [1.82, 2.24) is 14.7 Å². The van der Waals surface area contributed by atoms with Crippen LogP contribution in [0.3, 0.4) is 0 Å². The smallest absolute Gasteiger partial charge is 0.276 e. The van der Waals surface area contributed by atoms with Crippen LogP contribution < -0.4 is 10.1 Å². The zero-order chi connectivity index (χ0) is 22.7. The van der Waals surface area contributed by atoms with Gasteiger partial charge in [0.15, 0.2) is 5.69 Å². The van der Waals surface area contributed by atoms with E-state index in [4.69, 9.17) is 4.74 Å². The van der Waals surface area contributed by atoms with Gasteiger partial charge in [0.2, 0.25) is 0 Å². The third-order valence-electron chi connectivity index (χ3n) is 5.42. The van der Waals surface area contributed by atoms with Gasteiger partial charge in [-0.1, -0.05) is 6.07 Å². The lowest BCUT2D eigenvalue weighted by atomic mass is 10.1. The van der Waals surface area contributed by atoms with Crippen LogP contribution in [0.15, 0.2) is 48.7 Å². The van der Waals surface area contributed by atoms with Gasteiger partial charge in [0.1, 0.15) is 11.4 Å². The quantitative estimate of drug-likeness (QED) is 0.637. The van der Waals surface area contributed by atoms with Crippen molar-refractivity contribution in [3.05, 3.63) is 71.0 Å². The predicted octanol–water partition coefficient (Wildman–Crippen LogP) is 3.94. The molecule has 0 unspecified atom stereocenters. The van der Waals surface area contributed by atoms with Crippen LogP contribution in [-0.4, -0.2) is 58.2 Å². The number of hydrogen-bond donors (Lipinski definition) is 1. The van der Waals surface area contributed by atoms with Crippen LogP contribution in [0.25, 0.3) is 5.69 Å². The van der Waals surface area contributed by atoms with E-state index in [0.717, 1.165) is 41.4 Å². The lowest BCUT2D eigenvalue weighted by Crippen LogP contribution is -2.37. The third kappa shape index (κ3) is 4.65. The van der Waals surface area contributed by atoms with Gasteiger partial charge in [-0.2, -0.15) is 16.9 Å². The van der Waals surface area contributed by atoms with E-state index in [9.17, 15) is 9.59 Å². The topological polar surface area (TPSA) is 76.5 Å². The maximum absolute atomic E-state index is 12.8. The van der Waals surface area contributed by atoms with Crippen molar-refractivity contribution < 1.29 is 14.3 Å². The Balaban J connectivity index is 1.49. The van der Waals surface area contributed by atoms with Gasteiger partial charge in [-0.05, 0) is 61.4 Å². The molecule has 8 heteroatoms. The number of amides is 2. The molecule has 0 bridgehead atoms. The molecular weight excluding hydrogens is 424 g/mol. The predicted molar refractivity (Wildman–Crippen MR) is 127 cm³/mol. The Bertz CT molecular complexity index is 1150. The van der Waals surface area contributed by atoms with Crippen LogP contribution in [0.1, 0.15) is 32.0 Å². The van der Waals surface area contributed by atoms with Crippen LogP contribution in [0.4, 0.5) is 5.69 Å². The van der Waals surface area contributed by atoms with Gasteiger partial charge in [0.05, 0.1) is 7.11 Å². The minimum absolute atomic E-state index is 0.0390. The molecule has 0 spiro atoms. The first-order valence-electron chi connectivity index (χ1n) is 10.5. The van der Waals surface area contributed by atoms with Gasteiger partial charge in [0.25, 0.3) is 11.8 Å². The molecule has 0 aliphatic carbocycles. The highest BCUT2D eigenvalue weighted by Gasteiger charge is 2.19. The Morgan fingerprint density at radius 2 is 1.84 bits per heavy atom. The van der Waals surface area contributed by atoms with Crippen molar-refractivity contribution in [3.63, 3.8) is 0 Å². The summed E-state index contributed by atoms with van der Waals surface area (Å²) < 4.78 is 7.05. The number of nitrogens with zero attached hydrogens (tertiary/aromatic N) is 3. The zero-order valence-electron chi connectivity index (χ0n) is 18.4. The molecular formula is C24H26N4O3S. The van der Waals surface area contributed by atoms with Crippen molar-refractivity contribution in [2.75, 3.05) is 37.0 Å². The molecule has 7 nitrogen and oxygen atoms in total. The summed E-state index contributed by atoms with van der Waals surface area (Å²) in [6, 6.07) is 12.8. The summed E-state index contributed by atoms with van der Waals surface area (Å²) in [4.78, 5) is 27.4. The highest BCUT2D eigenvalue weighted by molar-refractivity contribution is 7.99. The fourth-order valence-corrected chi connectivity index (χ4v) is 4.53. The monoisotopic (exact) mass is 450 g/mol. The van der Waals surface area contributed by atoms with Gasteiger partial charge in [-0.3, -0.25) is 9.59 Å². The van der Waals surface area contributed by atoms with Gasteiger partial charge in [-0.25, -0.2) is 4.68 Å². The Morgan fingerprint density at radius 1 is 1.06 bits per heavy atom. The van der Waals surface area contributed by atoms with Crippen LogP contribution in [0, 0.1) is 13.8 Å². The number of rotatable bonds is 5. The second-order valence-corrected chi connectivity index (χ2v) is 8.93. The van der Waals surface area contributed by atoms with E-state index in [1.54, 1.807) is 36.2 Å². The molecule has 4 rings (SSSR count). The van der Waals surface area contributed by atoms with Crippen molar-refractivity contribution in [1.29, 1.82) is 0 Å². The van der Waals surface area contributed by atoms with Gasteiger partial charge in [-0.15, -0.1) is 0 Å². The first-order chi connectivity index (χ1) is 15.5. The highest BCUT2D eigenvalue weighted by atomic mass is 32.2. The Hall–Kier alpha value is -3.26. The van der Waals surface area contributed by atoms with Crippen molar-refractivity contribution in [2.24, 2.45) is 0 Å². The number of benzene rings is 2. The first kappa shape index (κ1) is 22.0. The Kier molecular flexibility index (Phi) is 6.50. The Morgan fingerprint density at radius 3 is 2.56 bits per heavy atom. The SMILES string of the molecule is COc1ccc(C)cc1-n1ccc(C(=O)Nc2ccc(C(=O)N3CCSCC3)cc2C)n1. The molecule has 2 amide bonds. The first-order valence-corrected chi connectivity index (χ1v) is 11.6.